The number of carbonyl (C=O) groups excluding carboxylic acids is 1. The van der Waals surface area contributed by atoms with Crippen molar-refractivity contribution in [2.75, 3.05) is 13.1 Å². The van der Waals surface area contributed by atoms with E-state index in [1.807, 2.05) is 16.3 Å². The van der Waals surface area contributed by atoms with E-state index in [1.54, 1.807) is 11.3 Å². The summed E-state index contributed by atoms with van der Waals surface area (Å²) in [6, 6.07) is 8.48. The Labute approximate surface area is 172 Å². The smallest absolute Gasteiger partial charge is 0.228 e. The minimum atomic E-state index is 0. The Balaban J connectivity index is 0.00000169. The molecule has 1 aromatic heterocycles. The molecule has 3 rings (SSSR count). The van der Waals surface area contributed by atoms with Crippen LogP contribution in [0.25, 0.3) is 10.6 Å². The summed E-state index contributed by atoms with van der Waals surface area (Å²) in [5, 5.41) is 2.98. The highest BCUT2D eigenvalue weighted by molar-refractivity contribution is 7.13. The molecular formula is C19H27Cl2N3OS. The molecule has 0 aliphatic carbocycles. The number of amides is 1. The lowest BCUT2D eigenvalue weighted by Crippen LogP contribution is -2.49. The van der Waals surface area contributed by atoms with E-state index in [0.29, 0.717) is 18.9 Å². The second kappa shape index (κ2) is 10.3. The Morgan fingerprint density at radius 1 is 1.38 bits per heavy atom. The lowest BCUT2D eigenvalue weighted by molar-refractivity contribution is -0.134. The van der Waals surface area contributed by atoms with Gasteiger partial charge in [-0.1, -0.05) is 30.7 Å². The molecule has 1 saturated heterocycles. The van der Waals surface area contributed by atoms with Gasteiger partial charge in [-0.2, -0.15) is 0 Å². The standard InChI is InChI=1S/C19H25N3OS.2ClH/c1-13-4-3-5-15(8-13)19-21-16(12-24-19)10-18(23)22-7-6-14(2)9-17(22)11-20;;/h3-5,8,12,14,17H,6-7,9-11,20H2,1-2H3;2*1H. The summed E-state index contributed by atoms with van der Waals surface area (Å²) in [5.41, 5.74) is 9.06. The number of aromatic nitrogens is 1. The summed E-state index contributed by atoms with van der Waals surface area (Å²) in [6.45, 7) is 5.67. The molecular weight excluding hydrogens is 389 g/mol. The summed E-state index contributed by atoms with van der Waals surface area (Å²) in [4.78, 5) is 19.3. The quantitative estimate of drug-likeness (QED) is 0.817. The summed E-state index contributed by atoms with van der Waals surface area (Å²) in [7, 11) is 0. The van der Waals surface area contributed by atoms with Gasteiger partial charge < -0.3 is 10.6 Å². The zero-order chi connectivity index (χ0) is 17.1. The Morgan fingerprint density at radius 3 is 2.85 bits per heavy atom. The number of likely N-dealkylation sites (tertiary alicyclic amines) is 1. The van der Waals surface area contributed by atoms with Crippen molar-refractivity contribution in [1.82, 2.24) is 9.88 Å². The first-order chi connectivity index (χ1) is 11.6. The zero-order valence-corrected chi connectivity index (χ0v) is 17.6. The van der Waals surface area contributed by atoms with Crippen LogP contribution in [0.15, 0.2) is 29.6 Å². The van der Waals surface area contributed by atoms with Gasteiger partial charge in [-0.3, -0.25) is 4.79 Å². The molecule has 1 aromatic carbocycles. The minimum absolute atomic E-state index is 0. The van der Waals surface area contributed by atoms with Crippen molar-refractivity contribution in [2.45, 2.75) is 39.2 Å². The number of nitrogens with two attached hydrogens (primary N) is 1. The van der Waals surface area contributed by atoms with Crippen LogP contribution in [0.2, 0.25) is 0 Å². The van der Waals surface area contributed by atoms with Crippen LogP contribution in [0.1, 0.15) is 31.0 Å². The van der Waals surface area contributed by atoms with Crippen molar-refractivity contribution >= 4 is 42.1 Å². The summed E-state index contributed by atoms with van der Waals surface area (Å²) in [6.07, 6.45) is 2.44. The second-order valence-corrected chi connectivity index (χ2v) is 7.65. The van der Waals surface area contributed by atoms with Gasteiger partial charge in [0, 0.05) is 30.1 Å². The van der Waals surface area contributed by atoms with E-state index < -0.39 is 0 Å². The van der Waals surface area contributed by atoms with Gasteiger partial charge in [0.25, 0.3) is 0 Å². The van der Waals surface area contributed by atoms with Gasteiger partial charge in [0.2, 0.25) is 5.91 Å². The highest BCUT2D eigenvalue weighted by atomic mass is 35.5. The fourth-order valence-corrected chi connectivity index (χ4v) is 4.18. The highest BCUT2D eigenvalue weighted by Crippen LogP contribution is 2.26. The average molecular weight is 416 g/mol. The molecule has 2 atom stereocenters. The molecule has 7 heteroatoms. The SMILES string of the molecule is Cc1cccc(-c2nc(CC(=O)N3CCC(C)CC3CN)cs2)c1.Cl.Cl. The van der Waals surface area contributed by atoms with E-state index in [9.17, 15) is 4.79 Å². The third kappa shape index (κ3) is 5.43. The molecule has 4 nitrogen and oxygen atoms in total. The van der Waals surface area contributed by atoms with E-state index >= 15 is 0 Å². The molecule has 0 saturated carbocycles. The summed E-state index contributed by atoms with van der Waals surface area (Å²) < 4.78 is 0. The fraction of sp³-hybridized carbons (Fsp3) is 0.474. The van der Waals surface area contributed by atoms with Gasteiger partial charge in [-0.05, 0) is 31.7 Å². The number of benzene rings is 1. The largest absolute Gasteiger partial charge is 0.338 e. The van der Waals surface area contributed by atoms with Gasteiger partial charge in [0.1, 0.15) is 5.01 Å². The van der Waals surface area contributed by atoms with Crippen LogP contribution in [-0.4, -0.2) is 34.9 Å². The van der Waals surface area contributed by atoms with Gasteiger partial charge in [-0.15, -0.1) is 36.2 Å². The Hall–Kier alpha value is -1.14. The monoisotopic (exact) mass is 415 g/mol. The number of thiazole rings is 1. The summed E-state index contributed by atoms with van der Waals surface area (Å²) >= 11 is 1.60. The lowest BCUT2D eigenvalue weighted by Gasteiger charge is -2.38. The molecule has 1 aliphatic heterocycles. The zero-order valence-electron chi connectivity index (χ0n) is 15.2. The first-order valence-electron chi connectivity index (χ1n) is 8.57. The normalized spacial score (nSPS) is 19.4. The molecule has 2 unspecified atom stereocenters. The van der Waals surface area contributed by atoms with E-state index in [1.165, 1.54) is 5.56 Å². The Morgan fingerprint density at radius 2 is 2.15 bits per heavy atom. The number of piperidine rings is 1. The number of aryl methyl sites for hydroxylation is 1. The molecule has 0 bridgehead atoms. The molecule has 1 fully saturated rings. The maximum Gasteiger partial charge on any atom is 0.228 e. The number of carbonyl (C=O) groups is 1. The van der Waals surface area contributed by atoms with Crippen molar-refractivity contribution in [3.05, 3.63) is 40.9 Å². The molecule has 144 valence electrons. The highest BCUT2D eigenvalue weighted by Gasteiger charge is 2.29. The van der Waals surface area contributed by atoms with Crippen LogP contribution >= 0.6 is 36.2 Å². The molecule has 26 heavy (non-hydrogen) atoms. The van der Waals surface area contributed by atoms with Gasteiger partial charge in [0.15, 0.2) is 0 Å². The van der Waals surface area contributed by atoms with Gasteiger partial charge in [0.05, 0.1) is 12.1 Å². The van der Waals surface area contributed by atoms with Crippen molar-refractivity contribution < 1.29 is 4.79 Å². The maximum atomic E-state index is 12.7. The molecule has 2 heterocycles. The Kier molecular flexibility index (Phi) is 9.04. The number of hydrogen-bond acceptors (Lipinski definition) is 4. The minimum Gasteiger partial charge on any atom is -0.338 e. The third-order valence-corrected chi connectivity index (χ3v) is 5.66. The molecule has 0 radical (unpaired) electrons. The third-order valence-electron chi connectivity index (χ3n) is 4.72. The van der Waals surface area contributed by atoms with E-state index in [4.69, 9.17) is 5.73 Å². The van der Waals surface area contributed by atoms with Crippen LogP contribution in [0.5, 0.6) is 0 Å². The number of hydrogen-bond donors (Lipinski definition) is 1. The predicted molar refractivity (Wildman–Crippen MR) is 113 cm³/mol. The van der Waals surface area contributed by atoms with E-state index in [-0.39, 0.29) is 36.8 Å². The second-order valence-electron chi connectivity index (χ2n) is 6.80. The Bertz CT molecular complexity index is 722. The maximum absolute atomic E-state index is 12.7. The van der Waals surface area contributed by atoms with Gasteiger partial charge >= 0.3 is 0 Å². The topological polar surface area (TPSA) is 59.2 Å². The van der Waals surface area contributed by atoms with Crippen LogP contribution in [0.3, 0.4) is 0 Å². The van der Waals surface area contributed by atoms with E-state index in [2.05, 4.69) is 37.0 Å². The average Bonchev–Trinajstić information content (AvgIpc) is 3.03. The van der Waals surface area contributed by atoms with Crippen LogP contribution in [0.4, 0.5) is 0 Å². The molecule has 2 aromatic rings. The molecule has 2 N–H and O–H groups in total. The fourth-order valence-electron chi connectivity index (χ4n) is 3.36. The van der Waals surface area contributed by atoms with Crippen LogP contribution < -0.4 is 5.73 Å². The lowest BCUT2D eigenvalue weighted by atomic mass is 9.92. The first-order valence-corrected chi connectivity index (χ1v) is 9.45. The van der Waals surface area contributed by atoms with Gasteiger partial charge in [-0.25, -0.2) is 4.98 Å². The van der Waals surface area contributed by atoms with Crippen molar-refractivity contribution in [3.63, 3.8) is 0 Å². The molecule has 1 amide bonds. The van der Waals surface area contributed by atoms with E-state index in [0.717, 1.165) is 35.7 Å². The number of nitrogens with zero attached hydrogens (tertiary/aromatic N) is 2. The molecule has 1 aliphatic rings. The van der Waals surface area contributed by atoms with Crippen LogP contribution in [-0.2, 0) is 11.2 Å². The number of rotatable bonds is 4. The van der Waals surface area contributed by atoms with Crippen molar-refractivity contribution in [3.8, 4) is 10.6 Å². The predicted octanol–water partition coefficient (Wildman–Crippen LogP) is 4.09. The first kappa shape index (κ1) is 22.9. The summed E-state index contributed by atoms with van der Waals surface area (Å²) in [5.74, 6) is 0.799. The number of halogens is 2. The van der Waals surface area contributed by atoms with Crippen LogP contribution in [0, 0.1) is 12.8 Å². The molecule has 0 spiro atoms. The van der Waals surface area contributed by atoms with Crippen molar-refractivity contribution in [1.29, 1.82) is 0 Å². The van der Waals surface area contributed by atoms with Crippen molar-refractivity contribution in [2.24, 2.45) is 11.7 Å².